The lowest BCUT2D eigenvalue weighted by Crippen LogP contribution is -2.37. The van der Waals surface area contributed by atoms with Crippen molar-refractivity contribution in [2.45, 2.75) is 42.9 Å². The fourth-order valence-corrected chi connectivity index (χ4v) is 3.51. The standard InChI is InChI=1S/C21H27NO3S/c1-15(10-11-17-8-6-5-7-9-17)22-21(23)16(2)26-18-12-13-19(24-3)20(14-18)25-4/h5-9,12-16H,10-11H2,1-4H3,(H,22,23)/t15-,16-/m0/s1. The van der Waals surface area contributed by atoms with Crippen LogP contribution in [0.3, 0.4) is 0 Å². The normalized spacial score (nSPS) is 12.9. The summed E-state index contributed by atoms with van der Waals surface area (Å²) >= 11 is 1.51. The smallest absolute Gasteiger partial charge is 0.233 e. The lowest BCUT2D eigenvalue weighted by Gasteiger charge is -2.18. The van der Waals surface area contributed by atoms with Crippen LogP contribution < -0.4 is 14.8 Å². The Morgan fingerprint density at radius 1 is 1.04 bits per heavy atom. The molecule has 0 aromatic heterocycles. The predicted molar refractivity (Wildman–Crippen MR) is 107 cm³/mol. The third kappa shape index (κ3) is 5.99. The van der Waals surface area contributed by atoms with Gasteiger partial charge in [0.15, 0.2) is 11.5 Å². The number of hydrogen-bond donors (Lipinski definition) is 1. The summed E-state index contributed by atoms with van der Waals surface area (Å²) in [6, 6.07) is 16.2. The van der Waals surface area contributed by atoms with Crippen LogP contribution in [0.5, 0.6) is 11.5 Å². The van der Waals surface area contributed by atoms with Crippen molar-refractivity contribution in [1.29, 1.82) is 0 Å². The molecule has 26 heavy (non-hydrogen) atoms. The average molecular weight is 374 g/mol. The van der Waals surface area contributed by atoms with Crippen LogP contribution in [0.1, 0.15) is 25.8 Å². The Bertz CT molecular complexity index is 706. The SMILES string of the molecule is COc1ccc(S[C@@H](C)C(=O)N[C@@H](C)CCc2ccccc2)cc1OC. The summed E-state index contributed by atoms with van der Waals surface area (Å²) in [5.41, 5.74) is 1.29. The minimum Gasteiger partial charge on any atom is -0.493 e. The van der Waals surface area contributed by atoms with Gasteiger partial charge in [0.2, 0.25) is 5.91 Å². The number of aryl methyl sites for hydroxylation is 1. The predicted octanol–water partition coefficient (Wildman–Crippen LogP) is 4.32. The second kappa shape index (κ2) is 10.1. The summed E-state index contributed by atoms with van der Waals surface area (Å²) in [4.78, 5) is 13.4. The Morgan fingerprint density at radius 2 is 1.73 bits per heavy atom. The lowest BCUT2D eigenvalue weighted by molar-refractivity contribution is -0.120. The zero-order valence-electron chi connectivity index (χ0n) is 15.8. The molecule has 5 heteroatoms. The maximum Gasteiger partial charge on any atom is 0.233 e. The topological polar surface area (TPSA) is 47.6 Å². The fourth-order valence-electron chi connectivity index (χ4n) is 2.61. The first-order valence-corrected chi connectivity index (χ1v) is 9.64. The van der Waals surface area contributed by atoms with Crippen LogP contribution in [0.15, 0.2) is 53.4 Å². The number of nitrogens with one attached hydrogen (secondary N) is 1. The molecule has 1 amide bonds. The van der Waals surface area contributed by atoms with E-state index < -0.39 is 0 Å². The zero-order valence-corrected chi connectivity index (χ0v) is 16.6. The van der Waals surface area contributed by atoms with Gasteiger partial charge in [-0.15, -0.1) is 11.8 Å². The van der Waals surface area contributed by atoms with Gasteiger partial charge in [0.25, 0.3) is 0 Å². The van der Waals surface area contributed by atoms with Crippen LogP contribution in [-0.4, -0.2) is 31.4 Å². The summed E-state index contributed by atoms with van der Waals surface area (Å²) in [6.07, 6.45) is 1.88. The van der Waals surface area contributed by atoms with Gasteiger partial charge in [-0.1, -0.05) is 30.3 Å². The third-order valence-electron chi connectivity index (χ3n) is 4.13. The molecule has 4 nitrogen and oxygen atoms in total. The number of thioether (sulfide) groups is 1. The first-order chi connectivity index (χ1) is 12.5. The average Bonchev–Trinajstić information content (AvgIpc) is 2.67. The molecule has 2 aromatic carbocycles. The van der Waals surface area contributed by atoms with Gasteiger partial charge in [-0.3, -0.25) is 4.79 Å². The van der Waals surface area contributed by atoms with Crippen molar-refractivity contribution in [3.8, 4) is 11.5 Å². The van der Waals surface area contributed by atoms with Crippen molar-refractivity contribution in [2.75, 3.05) is 14.2 Å². The van der Waals surface area contributed by atoms with Gasteiger partial charge in [0.1, 0.15) is 0 Å². The van der Waals surface area contributed by atoms with Crippen LogP contribution in [0.4, 0.5) is 0 Å². The van der Waals surface area contributed by atoms with E-state index in [0.29, 0.717) is 11.5 Å². The molecule has 0 aliphatic carbocycles. The Labute approximate surface area is 160 Å². The number of carbonyl (C=O) groups excluding carboxylic acids is 1. The first kappa shape index (κ1) is 20.2. The van der Waals surface area contributed by atoms with Crippen molar-refractivity contribution in [3.63, 3.8) is 0 Å². The van der Waals surface area contributed by atoms with Crippen molar-refractivity contribution in [2.24, 2.45) is 0 Å². The van der Waals surface area contributed by atoms with Crippen molar-refractivity contribution >= 4 is 17.7 Å². The van der Waals surface area contributed by atoms with Crippen molar-refractivity contribution < 1.29 is 14.3 Å². The van der Waals surface area contributed by atoms with E-state index >= 15 is 0 Å². The molecular weight excluding hydrogens is 346 g/mol. The van der Waals surface area contributed by atoms with E-state index in [9.17, 15) is 4.79 Å². The second-order valence-electron chi connectivity index (χ2n) is 6.21. The van der Waals surface area contributed by atoms with Crippen molar-refractivity contribution in [3.05, 3.63) is 54.1 Å². The summed E-state index contributed by atoms with van der Waals surface area (Å²) in [6.45, 7) is 3.97. The zero-order chi connectivity index (χ0) is 18.9. The van der Waals surface area contributed by atoms with E-state index in [0.717, 1.165) is 17.7 Å². The van der Waals surface area contributed by atoms with Gasteiger partial charge in [-0.25, -0.2) is 0 Å². The molecule has 0 unspecified atom stereocenters. The molecule has 2 atom stereocenters. The molecule has 0 saturated heterocycles. The molecule has 0 spiro atoms. The van der Waals surface area contributed by atoms with Crippen LogP contribution in [-0.2, 0) is 11.2 Å². The van der Waals surface area contributed by atoms with Crippen molar-refractivity contribution in [1.82, 2.24) is 5.32 Å². The number of methoxy groups -OCH3 is 2. The molecule has 0 aliphatic heterocycles. The van der Waals surface area contributed by atoms with Gasteiger partial charge in [-0.2, -0.15) is 0 Å². The Kier molecular flexibility index (Phi) is 7.85. The van der Waals surface area contributed by atoms with Gasteiger partial charge in [0, 0.05) is 10.9 Å². The Hall–Kier alpha value is -2.14. The molecule has 140 valence electrons. The molecule has 2 aromatic rings. The molecule has 0 radical (unpaired) electrons. The van der Waals surface area contributed by atoms with E-state index in [1.807, 2.05) is 43.3 Å². The monoisotopic (exact) mass is 373 g/mol. The first-order valence-electron chi connectivity index (χ1n) is 8.76. The molecular formula is C21H27NO3S. The van der Waals surface area contributed by atoms with E-state index in [2.05, 4.69) is 24.4 Å². The number of hydrogen-bond acceptors (Lipinski definition) is 4. The lowest BCUT2D eigenvalue weighted by atomic mass is 10.1. The van der Waals surface area contributed by atoms with E-state index in [1.54, 1.807) is 14.2 Å². The summed E-state index contributed by atoms with van der Waals surface area (Å²) < 4.78 is 10.6. The molecule has 0 heterocycles. The minimum absolute atomic E-state index is 0.0466. The number of amides is 1. The highest BCUT2D eigenvalue weighted by atomic mass is 32.2. The maximum absolute atomic E-state index is 12.5. The second-order valence-corrected chi connectivity index (χ2v) is 7.62. The molecule has 0 aliphatic rings. The summed E-state index contributed by atoms with van der Waals surface area (Å²) in [5.74, 6) is 1.40. The largest absolute Gasteiger partial charge is 0.493 e. The quantitative estimate of drug-likeness (QED) is 0.665. The maximum atomic E-state index is 12.5. The Balaban J connectivity index is 1.85. The number of carbonyl (C=O) groups is 1. The highest BCUT2D eigenvalue weighted by Crippen LogP contribution is 2.33. The molecule has 1 N–H and O–H groups in total. The third-order valence-corrected chi connectivity index (χ3v) is 5.23. The molecule has 0 fully saturated rings. The van der Waals surface area contributed by atoms with E-state index in [1.165, 1.54) is 17.3 Å². The van der Waals surface area contributed by atoms with Crippen LogP contribution in [0.2, 0.25) is 0 Å². The molecule has 0 bridgehead atoms. The minimum atomic E-state index is -0.188. The van der Waals surface area contributed by atoms with Gasteiger partial charge >= 0.3 is 0 Å². The van der Waals surface area contributed by atoms with E-state index in [4.69, 9.17) is 9.47 Å². The van der Waals surface area contributed by atoms with Crippen LogP contribution >= 0.6 is 11.8 Å². The Morgan fingerprint density at radius 3 is 2.38 bits per heavy atom. The molecule has 0 saturated carbocycles. The number of rotatable bonds is 9. The van der Waals surface area contributed by atoms with Gasteiger partial charge < -0.3 is 14.8 Å². The highest BCUT2D eigenvalue weighted by Gasteiger charge is 2.17. The van der Waals surface area contributed by atoms with E-state index in [-0.39, 0.29) is 17.2 Å². The van der Waals surface area contributed by atoms with Crippen LogP contribution in [0, 0.1) is 0 Å². The summed E-state index contributed by atoms with van der Waals surface area (Å²) in [5, 5.41) is 2.92. The number of benzene rings is 2. The molecule has 2 rings (SSSR count). The van der Waals surface area contributed by atoms with Gasteiger partial charge in [0.05, 0.1) is 19.5 Å². The fraction of sp³-hybridized carbons (Fsp3) is 0.381. The van der Waals surface area contributed by atoms with Gasteiger partial charge in [-0.05, 0) is 50.5 Å². The highest BCUT2D eigenvalue weighted by molar-refractivity contribution is 8.00. The number of ether oxygens (including phenoxy) is 2. The van der Waals surface area contributed by atoms with Crippen LogP contribution in [0.25, 0.3) is 0 Å². The summed E-state index contributed by atoms with van der Waals surface area (Å²) in [7, 11) is 3.22.